The highest BCUT2D eigenvalue weighted by Gasteiger charge is 2.16. The molecule has 0 aliphatic rings. The third-order valence-corrected chi connectivity index (χ3v) is 5.18. The third kappa shape index (κ3) is 4.28. The Labute approximate surface area is 163 Å². The molecule has 1 atom stereocenters. The van der Waals surface area contributed by atoms with Crippen molar-refractivity contribution >= 4 is 17.2 Å². The monoisotopic (exact) mass is 382 g/mol. The van der Waals surface area contributed by atoms with Gasteiger partial charge in [-0.15, -0.1) is 11.3 Å². The maximum absolute atomic E-state index is 12.6. The molecule has 1 aromatic heterocycles. The Morgan fingerprint density at radius 1 is 1.07 bits per heavy atom. The Morgan fingerprint density at radius 3 is 2.44 bits per heavy atom. The zero-order valence-corrected chi connectivity index (χ0v) is 16.6. The van der Waals surface area contributed by atoms with Gasteiger partial charge in [0.15, 0.2) is 11.5 Å². The molecule has 0 saturated carbocycles. The van der Waals surface area contributed by atoms with Gasteiger partial charge in [0.05, 0.1) is 20.3 Å². The van der Waals surface area contributed by atoms with Crippen LogP contribution in [0.1, 0.15) is 34.6 Å². The summed E-state index contributed by atoms with van der Waals surface area (Å²) < 4.78 is 10.6. The third-order valence-electron chi connectivity index (χ3n) is 4.29. The Kier molecular flexibility index (Phi) is 5.76. The summed E-state index contributed by atoms with van der Waals surface area (Å²) >= 11 is 1.46. The molecule has 3 aromatic rings. The van der Waals surface area contributed by atoms with Gasteiger partial charge in [-0.25, -0.2) is 4.98 Å². The number of ether oxygens (including phenoxy) is 2. The van der Waals surface area contributed by atoms with E-state index in [2.05, 4.69) is 10.3 Å². The number of hydrogen-bond donors (Lipinski definition) is 1. The number of aryl methyl sites for hydroxylation is 1. The Balaban J connectivity index is 1.73. The number of carbonyl (C=O) groups is 1. The van der Waals surface area contributed by atoms with Crippen LogP contribution in [-0.2, 0) is 0 Å². The van der Waals surface area contributed by atoms with E-state index < -0.39 is 0 Å². The fraction of sp³-hybridized carbons (Fsp3) is 0.238. The summed E-state index contributed by atoms with van der Waals surface area (Å²) in [5.74, 6) is 1.08. The van der Waals surface area contributed by atoms with Crippen molar-refractivity contribution in [2.24, 2.45) is 0 Å². The summed E-state index contributed by atoms with van der Waals surface area (Å²) in [7, 11) is 3.18. The normalized spacial score (nSPS) is 11.7. The maximum Gasteiger partial charge on any atom is 0.271 e. The van der Waals surface area contributed by atoms with Crippen LogP contribution in [0.15, 0.2) is 47.8 Å². The van der Waals surface area contributed by atoms with Crippen LogP contribution in [-0.4, -0.2) is 25.1 Å². The first-order valence-corrected chi connectivity index (χ1v) is 9.45. The van der Waals surface area contributed by atoms with E-state index in [1.807, 2.05) is 56.3 Å². The van der Waals surface area contributed by atoms with Crippen LogP contribution in [0.25, 0.3) is 10.6 Å². The molecule has 2 aromatic carbocycles. The lowest BCUT2D eigenvalue weighted by molar-refractivity contribution is 0.0935. The van der Waals surface area contributed by atoms with Gasteiger partial charge >= 0.3 is 0 Å². The topological polar surface area (TPSA) is 60.5 Å². The molecular formula is C21H22N2O3S. The molecule has 3 rings (SSSR count). The number of carbonyl (C=O) groups excluding carboxylic acids is 1. The molecule has 1 amide bonds. The first kappa shape index (κ1) is 18.9. The number of nitrogens with one attached hydrogen (secondary N) is 1. The number of nitrogens with zero attached hydrogens (tertiary/aromatic N) is 1. The predicted molar refractivity (Wildman–Crippen MR) is 108 cm³/mol. The van der Waals surface area contributed by atoms with Gasteiger partial charge in [-0.05, 0) is 31.5 Å². The van der Waals surface area contributed by atoms with Gasteiger partial charge in [0.1, 0.15) is 10.7 Å². The molecule has 1 N–H and O–H groups in total. The quantitative estimate of drug-likeness (QED) is 0.675. The first-order valence-electron chi connectivity index (χ1n) is 8.57. The second-order valence-electron chi connectivity index (χ2n) is 6.21. The number of aromatic nitrogens is 1. The fourth-order valence-corrected chi connectivity index (χ4v) is 3.49. The minimum Gasteiger partial charge on any atom is -0.493 e. The molecule has 0 aliphatic heterocycles. The van der Waals surface area contributed by atoms with E-state index in [9.17, 15) is 4.79 Å². The Bertz CT molecular complexity index is 935. The summed E-state index contributed by atoms with van der Waals surface area (Å²) in [6.45, 7) is 3.96. The van der Waals surface area contributed by atoms with Crippen molar-refractivity contribution < 1.29 is 14.3 Å². The highest BCUT2D eigenvalue weighted by molar-refractivity contribution is 7.13. The van der Waals surface area contributed by atoms with Crippen molar-refractivity contribution in [1.29, 1.82) is 0 Å². The zero-order valence-electron chi connectivity index (χ0n) is 15.8. The number of methoxy groups -OCH3 is 2. The van der Waals surface area contributed by atoms with Crippen LogP contribution in [0.4, 0.5) is 0 Å². The first-order chi connectivity index (χ1) is 13.0. The second-order valence-corrected chi connectivity index (χ2v) is 7.07. The molecule has 0 radical (unpaired) electrons. The predicted octanol–water partition coefficient (Wildman–Crippen LogP) is 4.63. The number of benzene rings is 2. The average molecular weight is 382 g/mol. The van der Waals surface area contributed by atoms with Crippen LogP contribution >= 0.6 is 11.3 Å². The van der Waals surface area contributed by atoms with E-state index in [0.717, 1.165) is 16.1 Å². The molecular weight excluding hydrogens is 360 g/mol. The highest BCUT2D eigenvalue weighted by Crippen LogP contribution is 2.30. The van der Waals surface area contributed by atoms with Gasteiger partial charge in [-0.2, -0.15) is 0 Å². The van der Waals surface area contributed by atoms with Crippen molar-refractivity contribution in [1.82, 2.24) is 10.3 Å². The summed E-state index contributed by atoms with van der Waals surface area (Å²) in [5, 5.41) is 5.60. The molecule has 27 heavy (non-hydrogen) atoms. The summed E-state index contributed by atoms with van der Waals surface area (Å²) in [6.07, 6.45) is 0. The maximum atomic E-state index is 12.6. The van der Waals surface area contributed by atoms with E-state index in [1.165, 1.54) is 16.9 Å². The van der Waals surface area contributed by atoms with Gasteiger partial charge in [0, 0.05) is 10.9 Å². The minimum absolute atomic E-state index is 0.193. The molecule has 0 bridgehead atoms. The molecule has 1 unspecified atom stereocenters. The van der Waals surface area contributed by atoms with Crippen molar-refractivity contribution in [2.45, 2.75) is 19.9 Å². The zero-order chi connectivity index (χ0) is 19.4. The van der Waals surface area contributed by atoms with Crippen molar-refractivity contribution in [3.05, 3.63) is 64.7 Å². The van der Waals surface area contributed by atoms with E-state index in [1.54, 1.807) is 19.6 Å². The van der Waals surface area contributed by atoms with Crippen molar-refractivity contribution in [2.75, 3.05) is 14.2 Å². The molecule has 0 spiro atoms. The lowest BCUT2D eigenvalue weighted by Gasteiger charge is -2.16. The minimum atomic E-state index is -0.202. The van der Waals surface area contributed by atoms with E-state index in [4.69, 9.17) is 9.47 Å². The molecule has 6 heteroatoms. The Hall–Kier alpha value is -2.86. The Morgan fingerprint density at radius 2 is 1.78 bits per heavy atom. The van der Waals surface area contributed by atoms with E-state index in [0.29, 0.717) is 17.2 Å². The number of rotatable bonds is 6. The van der Waals surface area contributed by atoms with Crippen LogP contribution in [0, 0.1) is 6.92 Å². The molecule has 140 valence electrons. The summed E-state index contributed by atoms with van der Waals surface area (Å²) in [4.78, 5) is 17.1. The molecule has 0 fully saturated rings. The van der Waals surface area contributed by atoms with Crippen LogP contribution in [0.3, 0.4) is 0 Å². The van der Waals surface area contributed by atoms with Crippen LogP contribution < -0.4 is 14.8 Å². The second kappa shape index (κ2) is 8.22. The van der Waals surface area contributed by atoms with Gasteiger partial charge in [-0.1, -0.05) is 35.9 Å². The standard InChI is InChI=1S/C21H22N2O3S/c1-13-5-7-15(8-6-13)21-23-17(12-27-21)20(24)22-14(2)16-9-10-18(25-3)19(11-16)26-4/h5-12,14H,1-4H3,(H,22,24). The SMILES string of the molecule is COc1ccc(C(C)NC(=O)c2csc(-c3ccc(C)cc3)n2)cc1OC. The smallest absolute Gasteiger partial charge is 0.271 e. The number of hydrogen-bond acceptors (Lipinski definition) is 5. The van der Waals surface area contributed by atoms with Gasteiger partial charge < -0.3 is 14.8 Å². The van der Waals surface area contributed by atoms with Gasteiger partial charge in [0.2, 0.25) is 0 Å². The largest absolute Gasteiger partial charge is 0.493 e. The van der Waals surface area contributed by atoms with Crippen molar-refractivity contribution in [3.8, 4) is 22.1 Å². The molecule has 0 aliphatic carbocycles. The van der Waals surface area contributed by atoms with E-state index >= 15 is 0 Å². The molecule has 0 saturated heterocycles. The van der Waals surface area contributed by atoms with Gasteiger partial charge in [-0.3, -0.25) is 4.79 Å². The number of amides is 1. The molecule has 1 heterocycles. The van der Waals surface area contributed by atoms with Crippen LogP contribution in [0.5, 0.6) is 11.5 Å². The fourth-order valence-electron chi connectivity index (χ4n) is 2.68. The lowest BCUT2D eigenvalue weighted by atomic mass is 10.1. The lowest BCUT2D eigenvalue weighted by Crippen LogP contribution is -2.26. The van der Waals surface area contributed by atoms with E-state index in [-0.39, 0.29) is 11.9 Å². The summed E-state index contributed by atoms with van der Waals surface area (Å²) in [5.41, 5.74) is 3.55. The van der Waals surface area contributed by atoms with Gasteiger partial charge in [0.25, 0.3) is 5.91 Å². The van der Waals surface area contributed by atoms with Crippen molar-refractivity contribution in [3.63, 3.8) is 0 Å². The summed E-state index contributed by atoms with van der Waals surface area (Å²) in [6, 6.07) is 13.5. The number of thiazole rings is 1. The van der Waals surface area contributed by atoms with Crippen LogP contribution in [0.2, 0.25) is 0 Å². The average Bonchev–Trinajstić information content (AvgIpc) is 3.18. The highest BCUT2D eigenvalue weighted by atomic mass is 32.1. The molecule has 5 nitrogen and oxygen atoms in total.